The molecular weight excluding hydrogens is 416 g/mol. The molecule has 0 unspecified atom stereocenters. The van der Waals surface area contributed by atoms with E-state index in [1.807, 2.05) is 6.07 Å². The fourth-order valence-electron chi connectivity index (χ4n) is 2.65. The van der Waals surface area contributed by atoms with Gasteiger partial charge in [-0.2, -0.15) is 9.57 Å². The van der Waals surface area contributed by atoms with Crippen LogP contribution < -0.4 is 15.4 Å². The summed E-state index contributed by atoms with van der Waals surface area (Å²) >= 11 is 5.85. The zero-order valence-electron chi connectivity index (χ0n) is 16.2. The third-order valence-electron chi connectivity index (χ3n) is 4.11. The van der Waals surface area contributed by atoms with Crippen LogP contribution in [0.2, 0.25) is 5.02 Å². The maximum Gasteiger partial charge on any atom is 0.323 e. The van der Waals surface area contributed by atoms with Gasteiger partial charge in [-0.25, -0.2) is 13.2 Å². The number of halogens is 1. The number of carbonyl (C=O) groups excluding carboxylic acids is 1. The lowest BCUT2D eigenvalue weighted by Crippen LogP contribution is -2.30. The van der Waals surface area contributed by atoms with Gasteiger partial charge >= 0.3 is 6.03 Å². The highest BCUT2D eigenvalue weighted by molar-refractivity contribution is 7.89. The summed E-state index contributed by atoms with van der Waals surface area (Å²) in [5.41, 5.74) is 0.628. The summed E-state index contributed by atoms with van der Waals surface area (Å²) in [4.78, 5) is 12.5. The summed E-state index contributed by atoms with van der Waals surface area (Å²) in [6.07, 6.45) is 0. The molecule has 0 bridgehead atoms. The fourth-order valence-corrected chi connectivity index (χ4v) is 4.31. The van der Waals surface area contributed by atoms with Crippen molar-refractivity contribution in [1.82, 2.24) is 4.31 Å². The quantitative estimate of drug-likeness (QED) is 0.683. The van der Waals surface area contributed by atoms with Gasteiger partial charge in [0, 0.05) is 18.1 Å². The van der Waals surface area contributed by atoms with Crippen LogP contribution in [0.15, 0.2) is 41.3 Å². The van der Waals surface area contributed by atoms with Crippen molar-refractivity contribution in [3.8, 4) is 11.8 Å². The van der Waals surface area contributed by atoms with Gasteiger partial charge in [0.15, 0.2) is 0 Å². The Labute approximate surface area is 175 Å². The van der Waals surface area contributed by atoms with E-state index in [4.69, 9.17) is 16.3 Å². The van der Waals surface area contributed by atoms with Crippen LogP contribution in [0.3, 0.4) is 0 Å². The molecule has 0 radical (unpaired) electrons. The van der Waals surface area contributed by atoms with Gasteiger partial charge in [-0.1, -0.05) is 25.4 Å². The number of nitrogens with one attached hydrogen (secondary N) is 2. The van der Waals surface area contributed by atoms with Gasteiger partial charge in [0.2, 0.25) is 10.0 Å². The second kappa shape index (κ2) is 9.60. The minimum absolute atomic E-state index is 0.0292. The fraction of sp³-hybridized carbons (Fsp3) is 0.263. The normalized spacial score (nSPS) is 11.0. The summed E-state index contributed by atoms with van der Waals surface area (Å²) < 4.78 is 32.0. The maximum absolute atomic E-state index is 12.7. The first-order valence-corrected chi connectivity index (χ1v) is 10.5. The first-order valence-electron chi connectivity index (χ1n) is 8.72. The Morgan fingerprint density at radius 2 is 1.79 bits per heavy atom. The molecule has 10 heteroatoms. The van der Waals surface area contributed by atoms with Crippen molar-refractivity contribution in [2.24, 2.45) is 0 Å². The highest BCUT2D eigenvalue weighted by Gasteiger charge is 2.23. The summed E-state index contributed by atoms with van der Waals surface area (Å²) in [6, 6.07) is 9.96. The number of amides is 2. The van der Waals surface area contributed by atoms with E-state index < -0.39 is 16.1 Å². The molecule has 2 aromatic rings. The van der Waals surface area contributed by atoms with Crippen molar-refractivity contribution in [3.05, 3.63) is 47.0 Å². The van der Waals surface area contributed by atoms with Crippen LogP contribution in [0, 0.1) is 11.3 Å². The van der Waals surface area contributed by atoms with E-state index in [-0.39, 0.29) is 27.6 Å². The van der Waals surface area contributed by atoms with Gasteiger partial charge in [0.25, 0.3) is 0 Å². The highest BCUT2D eigenvalue weighted by atomic mass is 35.5. The zero-order chi connectivity index (χ0) is 21.6. The van der Waals surface area contributed by atoms with E-state index in [1.165, 1.54) is 47.8 Å². The molecule has 0 aliphatic rings. The Hall–Kier alpha value is -2.80. The monoisotopic (exact) mass is 436 g/mol. The number of urea groups is 1. The Kier molecular flexibility index (Phi) is 7.45. The minimum Gasteiger partial charge on any atom is -0.495 e. The molecule has 0 heterocycles. The molecule has 2 rings (SSSR count). The molecule has 0 aliphatic carbocycles. The lowest BCUT2D eigenvalue weighted by molar-refractivity contribution is 0.262. The van der Waals surface area contributed by atoms with Crippen molar-refractivity contribution in [3.63, 3.8) is 0 Å². The number of benzene rings is 2. The van der Waals surface area contributed by atoms with E-state index in [2.05, 4.69) is 10.6 Å². The van der Waals surface area contributed by atoms with Crippen LogP contribution >= 0.6 is 11.6 Å². The van der Waals surface area contributed by atoms with Crippen molar-refractivity contribution in [2.45, 2.75) is 18.7 Å². The van der Waals surface area contributed by atoms with Crippen LogP contribution in [-0.4, -0.2) is 39.0 Å². The third kappa shape index (κ3) is 5.17. The number of ether oxygens (including phenoxy) is 1. The van der Waals surface area contributed by atoms with Crippen molar-refractivity contribution in [1.29, 1.82) is 5.26 Å². The van der Waals surface area contributed by atoms with Gasteiger partial charge in [-0.15, -0.1) is 0 Å². The molecule has 8 nitrogen and oxygen atoms in total. The topological polar surface area (TPSA) is 112 Å². The molecule has 0 aliphatic heterocycles. The van der Waals surface area contributed by atoms with Gasteiger partial charge in [-0.05, 0) is 36.4 Å². The molecule has 2 amide bonds. The SMILES string of the molecule is CCN(CC)S(=O)(=O)c1ccc(OC)c(NC(=O)Nc2ccc(Cl)cc2C#N)c1. The molecular formula is C19H21ClN4O4S. The lowest BCUT2D eigenvalue weighted by atomic mass is 10.2. The summed E-state index contributed by atoms with van der Waals surface area (Å²) in [7, 11) is -2.30. The maximum atomic E-state index is 12.7. The van der Waals surface area contributed by atoms with E-state index >= 15 is 0 Å². The Balaban J connectivity index is 2.32. The van der Waals surface area contributed by atoms with Gasteiger partial charge in [-0.3, -0.25) is 0 Å². The molecule has 0 fully saturated rings. The molecule has 0 atom stereocenters. The smallest absolute Gasteiger partial charge is 0.323 e. The van der Waals surface area contributed by atoms with Crippen LogP contribution in [-0.2, 0) is 10.0 Å². The predicted octanol–water partition coefficient (Wildman–Crippen LogP) is 3.89. The standard InChI is InChI=1S/C19H21ClN4O4S/c1-4-24(5-2)29(26,27)15-7-9-18(28-3)17(11-15)23-19(25)22-16-8-6-14(20)10-13(16)12-21/h6-11H,4-5H2,1-3H3,(H2,22,23,25). The number of nitrogens with zero attached hydrogens (tertiary/aromatic N) is 2. The minimum atomic E-state index is -3.71. The Morgan fingerprint density at radius 1 is 1.14 bits per heavy atom. The van der Waals surface area contributed by atoms with E-state index in [1.54, 1.807) is 13.8 Å². The molecule has 0 spiro atoms. The van der Waals surface area contributed by atoms with E-state index in [0.29, 0.717) is 18.1 Å². The third-order valence-corrected chi connectivity index (χ3v) is 6.39. The molecule has 2 aromatic carbocycles. The molecule has 2 N–H and O–H groups in total. The summed E-state index contributed by atoms with van der Waals surface area (Å²) in [6.45, 7) is 4.13. The zero-order valence-corrected chi connectivity index (χ0v) is 17.8. The van der Waals surface area contributed by atoms with Crippen LogP contribution in [0.1, 0.15) is 19.4 Å². The van der Waals surface area contributed by atoms with E-state index in [0.717, 1.165) is 0 Å². The average Bonchev–Trinajstić information content (AvgIpc) is 2.69. The molecule has 0 aromatic heterocycles. The highest BCUT2D eigenvalue weighted by Crippen LogP contribution is 2.29. The second-order valence-electron chi connectivity index (χ2n) is 5.83. The average molecular weight is 437 g/mol. The van der Waals surface area contributed by atoms with Crippen LogP contribution in [0.5, 0.6) is 5.75 Å². The van der Waals surface area contributed by atoms with E-state index in [9.17, 15) is 18.5 Å². The summed E-state index contributed by atoms with van der Waals surface area (Å²) in [5, 5.41) is 14.7. The number of rotatable bonds is 7. The van der Waals surface area contributed by atoms with Crippen molar-refractivity contribution < 1.29 is 17.9 Å². The second-order valence-corrected chi connectivity index (χ2v) is 8.21. The van der Waals surface area contributed by atoms with Gasteiger partial charge in [0.1, 0.15) is 11.8 Å². The summed E-state index contributed by atoms with van der Waals surface area (Å²) in [5.74, 6) is 0.287. The number of methoxy groups -OCH3 is 1. The Bertz CT molecular complexity index is 1050. The van der Waals surface area contributed by atoms with Gasteiger partial charge < -0.3 is 15.4 Å². The number of sulfonamides is 1. The van der Waals surface area contributed by atoms with Crippen molar-refractivity contribution in [2.75, 3.05) is 30.8 Å². The number of carbonyl (C=O) groups is 1. The van der Waals surface area contributed by atoms with Crippen molar-refractivity contribution >= 4 is 39.0 Å². The van der Waals surface area contributed by atoms with Crippen LogP contribution in [0.25, 0.3) is 0 Å². The molecule has 0 saturated carbocycles. The van der Waals surface area contributed by atoms with Gasteiger partial charge in [0.05, 0.1) is 28.9 Å². The Morgan fingerprint density at radius 3 is 2.38 bits per heavy atom. The molecule has 29 heavy (non-hydrogen) atoms. The lowest BCUT2D eigenvalue weighted by Gasteiger charge is -2.19. The number of nitriles is 1. The molecule has 0 saturated heterocycles. The first-order chi connectivity index (χ1) is 13.8. The predicted molar refractivity (Wildman–Crippen MR) is 112 cm³/mol. The number of hydrogen-bond donors (Lipinski definition) is 2. The molecule has 154 valence electrons. The first kappa shape index (κ1) is 22.5. The number of hydrogen-bond acceptors (Lipinski definition) is 5. The number of anilines is 2. The van der Waals surface area contributed by atoms with Crippen LogP contribution in [0.4, 0.5) is 16.2 Å². The largest absolute Gasteiger partial charge is 0.495 e.